The Kier molecular flexibility index (Phi) is 6.42. The summed E-state index contributed by atoms with van der Waals surface area (Å²) in [6.07, 6.45) is 0.974. The Labute approximate surface area is 124 Å². The molecule has 1 unspecified atom stereocenters. The summed E-state index contributed by atoms with van der Waals surface area (Å²) in [4.78, 5) is 13.7. The van der Waals surface area contributed by atoms with Gasteiger partial charge in [0.2, 0.25) is 5.91 Å². The molecule has 1 amide bonds. The van der Waals surface area contributed by atoms with Gasteiger partial charge in [0.15, 0.2) is 0 Å². The molecule has 0 aliphatic carbocycles. The van der Waals surface area contributed by atoms with Crippen LogP contribution < -0.4 is 15.5 Å². The summed E-state index contributed by atoms with van der Waals surface area (Å²) in [5, 5.41) is 6.61. The van der Waals surface area contributed by atoms with Gasteiger partial charge in [-0.3, -0.25) is 4.79 Å². The predicted molar refractivity (Wildman–Crippen MR) is 81.4 cm³/mol. The lowest BCUT2D eigenvalue weighted by Crippen LogP contribution is -2.41. The summed E-state index contributed by atoms with van der Waals surface area (Å²) in [6, 6.07) is 8.05. The van der Waals surface area contributed by atoms with E-state index in [1.165, 1.54) is 0 Å². The molecule has 0 bridgehead atoms. The standard InChI is InChI=1S/C13H18ClN3O.ClH/c1-15-8-13(18)16-11-5-6-17(9-11)12-4-2-3-10(14)7-12;/h2-4,7,11,15H,5-6,8-9H2,1H3,(H,16,18);1H. The number of halogens is 2. The van der Waals surface area contributed by atoms with Crippen LogP contribution in [-0.2, 0) is 4.79 Å². The first-order valence-corrected chi connectivity index (χ1v) is 6.51. The summed E-state index contributed by atoms with van der Waals surface area (Å²) in [5.41, 5.74) is 1.12. The highest BCUT2D eigenvalue weighted by atomic mass is 35.5. The number of rotatable bonds is 4. The molecule has 0 saturated carbocycles. The molecule has 1 aromatic rings. The predicted octanol–water partition coefficient (Wildman–Crippen LogP) is 1.68. The maximum atomic E-state index is 11.5. The number of carbonyl (C=O) groups excluding carboxylic acids is 1. The van der Waals surface area contributed by atoms with Gasteiger partial charge in [-0.1, -0.05) is 17.7 Å². The van der Waals surface area contributed by atoms with Crippen molar-refractivity contribution in [3.63, 3.8) is 0 Å². The second kappa shape index (κ2) is 7.58. The van der Waals surface area contributed by atoms with E-state index >= 15 is 0 Å². The molecule has 0 spiro atoms. The third kappa shape index (κ3) is 4.56. The molecule has 4 nitrogen and oxygen atoms in total. The van der Waals surface area contributed by atoms with Crippen LogP contribution in [0.15, 0.2) is 24.3 Å². The second-order valence-electron chi connectivity index (χ2n) is 4.51. The van der Waals surface area contributed by atoms with E-state index in [4.69, 9.17) is 11.6 Å². The van der Waals surface area contributed by atoms with E-state index in [2.05, 4.69) is 15.5 Å². The average Bonchev–Trinajstić information content (AvgIpc) is 2.78. The van der Waals surface area contributed by atoms with E-state index in [1.807, 2.05) is 24.3 Å². The molecule has 1 aliphatic rings. The summed E-state index contributed by atoms with van der Waals surface area (Å²) in [6.45, 7) is 2.16. The first kappa shape index (κ1) is 16.1. The zero-order valence-corrected chi connectivity index (χ0v) is 12.4. The fraction of sp³-hybridized carbons (Fsp3) is 0.462. The van der Waals surface area contributed by atoms with Crippen molar-refractivity contribution in [1.29, 1.82) is 0 Å². The fourth-order valence-electron chi connectivity index (χ4n) is 2.22. The molecular weight excluding hydrogens is 285 g/mol. The number of benzene rings is 1. The zero-order valence-electron chi connectivity index (χ0n) is 10.9. The Hall–Kier alpha value is -0.970. The van der Waals surface area contributed by atoms with Gasteiger partial charge in [0, 0.05) is 29.8 Å². The lowest BCUT2D eigenvalue weighted by atomic mass is 10.2. The third-order valence-corrected chi connectivity index (χ3v) is 3.30. The van der Waals surface area contributed by atoms with E-state index in [0.29, 0.717) is 6.54 Å². The van der Waals surface area contributed by atoms with E-state index in [0.717, 1.165) is 30.2 Å². The minimum Gasteiger partial charge on any atom is -0.369 e. The van der Waals surface area contributed by atoms with Crippen molar-refractivity contribution >= 4 is 35.6 Å². The van der Waals surface area contributed by atoms with Crippen molar-refractivity contribution in [3.8, 4) is 0 Å². The fourth-order valence-corrected chi connectivity index (χ4v) is 2.41. The number of likely N-dealkylation sites (N-methyl/N-ethyl adjacent to an activating group) is 1. The smallest absolute Gasteiger partial charge is 0.234 e. The van der Waals surface area contributed by atoms with Crippen molar-refractivity contribution in [2.45, 2.75) is 12.5 Å². The molecule has 1 saturated heterocycles. The van der Waals surface area contributed by atoms with Crippen molar-refractivity contribution in [2.75, 3.05) is 31.6 Å². The van der Waals surface area contributed by atoms with Gasteiger partial charge in [0.05, 0.1) is 6.54 Å². The summed E-state index contributed by atoms with van der Waals surface area (Å²) in [5.74, 6) is 0.0513. The highest BCUT2D eigenvalue weighted by molar-refractivity contribution is 6.30. The quantitative estimate of drug-likeness (QED) is 0.889. The second-order valence-corrected chi connectivity index (χ2v) is 4.95. The Bertz CT molecular complexity index is 428. The van der Waals surface area contributed by atoms with Gasteiger partial charge in [-0.15, -0.1) is 12.4 Å². The van der Waals surface area contributed by atoms with Gasteiger partial charge in [0.1, 0.15) is 0 Å². The largest absolute Gasteiger partial charge is 0.369 e. The van der Waals surface area contributed by atoms with Gasteiger partial charge < -0.3 is 15.5 Å². The van der Waals surface area contributed by atoms with Crippen LogP contribution in [-0.4, -0.2) is 38.6 Å². The van der Waals surface area contributed by atoms with Crippen LogP contribution in [0, 0.1) is 0 Å². The van der Waals surface area contributed by atoms with Crippen molar-refractivity contribution in [3.05, 3.63) is 29.3 Å². The van der Waals surface area contributed by atoms with Gasteiger partial charge in [-0.2, -0.15) is 0 Å². The van der Waals surface area contributed by atoms with Crippen LogP contribution in [0.25, 0.3) is 0 Å². The Morgan fingerprint density at radius 1 is 1.53 bits per heavy atom. The van der Waals surface area contributed by atoms with Crippen molar-refractivity contribution in [1.82, 2.24) is 10.6 Å². The minimum atomic E-state index is 0. The lowest BCUT2D eigenvalue weighted by Gasteiger charge is -2.19. The molecule has 2 N–H and O–H groups in total. The molecule has 2 rings (SSSR count). The van der Waals surface area contributed by atoms with E-state index < -0.39 is 0 Å². The summed E-state index contributed by atoms with van der Waals surface area (Å²) < 4.78 is 0. The van der Waals surface area contributed by atoms with Gasteiger partial charge in [-0.05, 0) is 31.7 Å². The zero-order chi connectivity index (χ0) is 13.0. The first-order chi connectivity index (χ1) is 8.69. The average molecular weight is 304 g/mol. The molecule has 6 heteroatoms. The topological polar surface area (TPSA) is 44.4 Å². The van der Waals surface area contributed by atoms with Crippen LogP contribution in [0.2, 0.25) is 5.02 Å². The molecule has 106 valence electrons. The Morgan fingerprint density at radius 3 is 3.00 bits per heavy atom. The molecule has 1 heterocycles. The number of amides is 1. The third-order valence-electron chi connectivity index (χ3n) is 3.06. The lowest BCUT2D eigenvalue weighted by molar-refractivity contribution is -0.120. The maximum Gasteiger partial charge on any atom is 0.234 e. The number of anilines is 1. The molecule has 0 aromatic heterocycles. The number of carbonyl (C=O) groups is 1. The van der Waals surface area contributed by atoms with E-state index in [9.17, 15) is 4.79 Å². The highest BCUT2D eigenvalue weighted by Gasteiger charge is 2.23. The van der Waals surface area contributed by atoms with Crippen molar-refractivity contribution in [2.24, 2.45) is 0 Å². The maximum absolute atomic E-state index is 11.5. The first-order valence-electron chi connectivity index (χ1n) is 6.13. The molecule has 1 aliphatic heterocycles. The number of hydrogen-bond acceptors (Lipinski definition) is 3. The normalized spacial score (nSPS) is 18.0. The van der Waals surface area contributed by atoms with Gasteiger partial charge in [-0.25, -0.2) is 0 Å². The monoisotopic (exact) mass is 303 g/mol. The summed E-state index contributed by atoms with van der Waals surface area (Å²) >= 11 is 5.98. The van der Waals surface area contributed by atoms with Crippen LogP contribution in [0.1, 0.15) is 6.42 Å². The minimum absolute atomic E-state index is 0. The SMILES string of the molecule is CNCC(=O)NC1CCN(c2cccc(Cl)c2)C1.Cl. The Morgan fingerprint density at radius 2 is 2.32 bits per heavy atom. The van der Waals surface area contributed by atoms with Crippen LogP contribution in [0.4, 0.5) is 5.69 Å². The van der Waals surface area contributed by atoms with E-state index in [1.54, 1.807) is 7.05 Å². The Balaban J connectivity index is 0.00000180. The van der Waals surface area contributed by atoms with Crippen LogP contribution >= 0.6 is 24.0 Å². The molecule has 1 fully saturated rings. The highest BCUT2D eigenvalue weighted by Crippen LogP contribution is 2.23. The van der Waals surface area contributed by atoms with Crippen molar-refractivity contribution < 1.29 is 4.79 Å². The van der Waals surface area contributed by atoms with Gasteiger partial charge >= 0.3 is 0 Å². The number of nitrogens with one attached hydrogen (secondary N) is 2. The molecule has 19 heavy (non-hydrogen) atoms. The number of hydrogen-bond donors (Lipinski definition) is 2. The van der Waals surface area contributed by atoms with E-state index in [-0.39, 0.29) is 24.4 Å². The molecular formula is C13H19Cl2N3O. The van der Waals surface area contributed by atoms with Crippen LogP contribution in [0.5, 0.6) is 0 Å². The molecule has 1 atom stereocenters. The summed E-state index contributed by atoms with van der Waals surface area (Å²) in [7, 11) is 1.77. The number of nitrogens with zero attached hydrogens (tertiary/aromatic N) is 1. The van der Waals surface area contributed by atoms with Crippen LogP contribution in [0.3, 0.4) is 0 Å². The molecule has 0 radical (unpaired) electrons. The molecule has 1 aromatic carbocycles. The van der Waals surface area contributed by atoms with Gasteiger partial charge in [0.25, 0.3) is 0 Å².